The molecule has 0 aromatic rings. The maximum absolute atomic E-state index is 12.1. The van der Waals surface area contributed by atoms with Gasteiger partial charge in [0.05, 0.1) is 6.04 Å². The molecule has 1 unspecified atom stereocenters. The summed E-state index contributed by atoms with van der Waals surface area (Å²) in [6.07, 6.45) is 9.20. The molecule has 2 rings (SSSR count). The van der Waals surface area contributed by atoms with Crippen LogP contribution in [-0.4, -0.2) is 36.0 Å². The Balaban J connectivity index is 1.66. The van der Waals surface area contributed by atoms with Gasteiger partial charge in [0, 0.05) is 19.1 Å². The average molecular weight is 252 g/mol. The van der Waals surface area contributed by atoms with Crippen molar-refractivity contribution in [2.75, 3.05) is 13.1 Å². The van der Waals surface area contributed by atoms with Crippen LogP contribution in [0.3, 0.4) is 0 Å². The highest BCUT2D eigenvalue weighted by molar-refractivity contribution is 5.83. The van der Waals surface area contributed by atoms with E-state index in [-0.39, 0.29) is 6.04 Å². The summed E-state index contributed by atoms with van der Waals surface area (Å²) < 4.78 is 0. The lowest BCUT2D eigenvalue weighted by Crippen LogP contribution is -2.41. The van der Waals surface area contributed by atoms with E-state index >= 15 is 0 Å². The Bertz CT molecular complexity index is 272. The molecule has 1 N–H and O–H groups in total. The number of hydrogen-bond acceptors (Lipinski definition) is 2. The highest BCUT2D eigenvalue weighted by Crippen LogP contribution is 2.28. The van der Waals surface area contributed by atoms with E-state index in [1.807, 2.05) is 0 Å². The van der Waals surface area contributed by atoms with Crippen LogP contribution in [0.25, 0.3) is 0 Å². The molecule has 1 saturated heterocycles. The number of amides is 1. The summed E-state index contributed by atoms with van der Waals surface area (Å²) in [6.45, 7) is 6.14. The molecule has 1 aliphatic heterocycles. The van der Waals surface area contributed by atoms with Gasteiger partial charge in [-0.3, -0.25) is 4.79 Å². The van der Waals surface area contributed by atoms with Gasteiger partial charge in [-0.25, -0.2) is 0 Å². The lowest BCUT2D eigenvalue weighted by Gasteiger charge is -2.19. The van der Waals surface area contributed by atoms with Crippen molar-refractivity contribution in [1.29, 1.82) is 0 Å². The normalized spacial score (nSPS) is 25.6. The second-order valence-electron chi connectivity index (χ2n) is 6.28. The molecule has 0 aromatic heterocycles. The van der Waals surface area contributed by atoms with Crippen LogP contribution in [0.1, 0.15) is 58.8 Å². The number of likely N-dealkylation sites (tertiary alicyclic amines) is 1. The summed E-state index contributed by atoms with van der Waals surface area (Å²) in [4.78, 5) is 14.2. The van der Waals surface area contributed by atoms with Crippen molar-refractivity contribution in [2.45, 2.75) is 70.9 Å². The van der Waals surface area contributed by atoms with E-state index in [4.69, 9.17) is 0 Å². The molecule has 0 radical (unpaired) electrons. The van der Waals surface area contributed by atoms with Crippen molar-refractivity contribution in [2.24, 2.45) is 5.92 Å². The van der Waals surface area contributed by atoms with E-state index in [1.54, 1.807) is 0 Å². The first-order chi connectivity index (χ1) is 8.66. The maximum Gasteiger partial charge on any atom is 0.239 e. The van der Waals surface area contributed by atoms with Crippen molar-refractivity contribution in [3.05, 3.63) is 0 Å². The molecule has 0 aromatic carbocycles. The van der Waals surface area contributed by atoms with Gasteiger partial charge in [-0.2, -0.15) is 0 Å². The Morgan fingerprint density at radius 3 is 2.67 bits per heavy atom. The van der Waals surface area contributed by atoms with Crippen molar-refractivity contribution < 1.29 is 4.79 Å². The molecule has 104 valence electrons. The minimum atomic E-state index is 0.0801. The van der Waals surface area contributed by atoms with Crippen molar-refractivity contribution in [3.63, 3.8) is 0 Å². The first kappa shape index (κ1) is 13.9. The van der Waals surface area contributed by atoms with Gasteiger partial charge >= 0.3 is 0 Å². The maximum atomic E-state index is 12.1. The van der Waals surface area contributed by atoms with E-state index in [0.29, 0.717) is 11.9 Å². The van der Waals surface area contributed by atoms with Crippen LogP contribution >= 0.6 is 0 Å². The summed E-state index contributed by atoms with van der Waals surface area (Å²) in [5, 5.41) is 3.36. The summed E-state index contributed by atoms with van der Waals surface area (Å²) >= 11 is 0. The topological polar surface area (TPSA) is 32.3 Å². The summed E-state index contributed by atoms with van der Waals surface area (Å²) in [5.74, 6) is 1.28. The zero-order chi connectivity index (χ0) is 13.0. The molecule has 1 atom stereocenters. The number of nitrogens with one attached hydrogen (secondary N) is 1. The average Bonchev–Trinajstić information content (AvgIpc) is 2.93. The first-order valence-corrected chi connectivity index (χ1v) is 7.71. The minimum Gasteiger partial charge on any atom is -0.341 e. The third-order valence-electron chi connectivity index (χ3n) is 4.35. The largest absolute Gasteiger partial charge is 0.341 e. The quantitative estimate of drug-likeness (QED) is 0.788. The van der Waals surface area contributed by atoms with Gasteiger partial charge in [0.25, 0.3) is 0 Å². The Hall–Kier alpha value is -0.570. The van der Waals surface area contributed by atoms with Crippen LogP contribution in [0.5, 0.6) is 0 Å². The zero-order valence-electron chi connectivity index (χ0n) is 12.0. The van der Waals surface area contributed by atoms with Crippen LogP contribution in [0.4, 0.5) is 0 Å². The predicted molar refractivity (Wildman–Crippen MR) is 74.4 cm³/mol. The number of carbonyl (C=O) groups excluding carboxylic acids is 1. The highest BCUT2D eigenvalue weighted by Gasteiger charge is 2.31. The third kappa shape index (κ3) is 3.71. The van der Waals surface area contributed by atoms with Crippen LogP contribution in [0.2, 0.25) is 0 Å². The van der Waals surface area contributed by atoms with Crippen molar-refractivity contribution in [3.8, 4) is 0 Å². The fourth-order valence-electron chi connectivity index (χ4n) is 3.39. The molecule has 0 bridgehead atoms. The Morgan fingerprint density at radius 2 is 2.00 bits per heavy atom. The number of nitrogens with zero attached hydrogens (tertiary/aromatic N) is 1. The Morgan fingerprint density at radius 1 is 1.28 bits per heavy atom. The lowest BCUT2D eigenvalue weighted by molar-refractivity contribution is -0.129. The molecule has 2 aliphatic rings. The van der Waals surface area contributed by atoms with E-state index in [0.717, 1.165) is 25.4 Å². The summed E-state index contributed by atoms with van der Waals surface area (Å²) in [7, 11) is 0. The molecular weight excluding hydrogens is 224 g/mol. The highest BCUT2D eigenvalue weighted by atomic mass is 16.2. The molecule has 18 heavy (non-hydrogen) atoms. The van der Waals surface area contributed by atoms with E-state index in [2.05, 4.69) is 24.1 Å². The molecule has 2 fully saturated rings. The SMILES string of the molecule is CC(C)NC1CCN(CCCC2CCCC2)C1=O. The fraction of sp³-hybridized carbons (Fsp3) is 0.933. The predicted octanol–water partition coefficient (Wildman–Crippen LogP) is 2.56. The smallest absolute Gasteiger partial charge is 0.239 e. The fourth-order valence-corrected chi connectivity index (χ4v) is 3.39. The van der Waals surface area contributed by atoms with Gasteiger partial charge in [0.15, 0.2) is 0 Å². The molecule has 3 nitrogen and oxygen atoms in total. The van der Waals surface area contributed by atoms with Gasteiger partial charge in [-0.1, -0.05) is 39.5 Å². The van der Waals surface area contributed by atoms with Crippen LogP contribution < -0.4 is 5.32 Å². The lowest BCUT2D eigenvalue weighted by atomic mass is 10.0. The van der Waals surface area contributed by atoms with Crippen LogP contribution in [0, 0.1) is 5.92 Å². The molecule has 0 spiro atoms. The van der Waals surface area contributed by atoms with E-state index in [1.165, 1.54) is 38.5 Å². The molecule has 1 aliphatic carbocycles. The molecule has 1 saturated carbocycles. The number of rotatable bonds is 6. The zero-order valence-corrected chi connectivity index (χ0v) is 12.0. The first-order valence-electron chi connectivity index (χ1n) is 7.71. The van der Waals surface area contributed by atoms with E-state index < -0.39 is 0 Å². The van der Waals surface area contributed by atoms with Gasteiger partial charge in [-0.05, 0) is 25.2 Å². The number of hydrogen-bond donors (Lipinski definition) is 1. The Kier molecular flexibility index (Phi) is 5.04. The molecule has 1 heterocycles. The summed E-state index contributed by atoms with van der Waals surface area (Å²) in [5.41, 5.74) is 0. The van der Waals surface area contributed by atoms with Crippen LogP contribution in [0.15, 0.2) is 0 Å². The minimum absolute atomic E-state index is 0.0801. The molecule has 1 amide bonds. The van der Waals surface area contributed by atoms with E-state index in [9.17, 15) is 4.79 Å². The second kappa shape index (κ2) is 6.55. The third-order valence-corrected chi connectivity index (χ3v) is 4.35. The van der Waals surface area contributed by atoms with Gasteiger partial charge in [-0.15, -0.1) is 0 Å². The summed E-state index contributed by atoms with van der Waals surface area (Å²) in [6, 6.07) is 0.480. The second-order valence-corrected chi connectivity index (χ2v) is 6.28. The van der Waals surface area contributed by atoms with Crippen molar-refractivity contribution in [1.82, 2.24) is 10.2 Å². The molecular formula is C15H28N2O. The van der Waals surface area contributed by atoms with Gasteiger partial charge in [0.2, 0.25) is 5.91 Å². The standard InChI is InChI=1S/C15H28N2O/c1-12(2)16-14-9-11-17(15(14)18)10-5-8-13-6-3-4-7-13/h12-14,16H,3-11H2,1-2H3. The Labute approximate surface area is 111 Å². The molecule has 3 heteroatoms. The van der Waals surface area contributed by atoms with Gasteiger partial charge in [0.1, 0.15) is 0 Å². The van der Waals surface area contributed by atoms with Gasteiger partial charge < -0.3 is 10.2 Å². The number of carbonyl (C=O) groups is 1. The van der Waals surface area contributed by atoms with Crippen LogP contribution in [-0.2, 0) is 4.79 Å². The monoisotopic (exact) mass is 252 g/mol. The van der Waals surface area contributed by atoms with Crippen molar-refractivity contribution >= 4 is 5.91 Å².